The molecule has 1 heterocycles. The van der Waals surface area contributed by atoms with Crippen molar-refractivity contribution in [2.24, 2.45) is 0 Å². The third kappa shape index (κ3) is 2.99. The Kier molecular flexibility index (Phi) is 4.20. The minimum absolute atomic E-state index is 0. The molecule has 0 saturated carbocycles. The fraction of sp³-hybridized carbons (Fsp3) is 0.167. The summed E-state index contributed by atoms with van der Waals surface area (Å²) in [5, 5.41) is 2.36. The van der Waals surface area contributed by atoms with E-state index in [-0.39, 0.29) is 29.8 Å². The molecule has 78 valence electrons. The standard InChI is InChI=1S/C12H12NO.HI/c1-10(14)8-13-7-6-11-4-2-3-5-12(11)9-13;/h2-7,9H,8H2,1H3;1H/q+1;/p-1. The summed E-state index contributed by atoms with van der Waals surface area (Å²) in [6, 6.07) is 10.1. The number of pyridine rings is 1. The average Bonchev–Trinajstić information content (AvgIpc) is 2.17. The van der Waals surface area contributed by atoms with E-state index in [1.807, 2.05) is 41.2 Å². The number of nitrogens with zero attached hydrogens (tertiary/aromatic N) is 1. The number of hydrogen-bond acceptors (Lipinski definition) is 1. The van der Waals surface area contributed by atoms with E-state index in [9.17, 15) is 4.79 Å². The van der Waals surface area contributed by atoms with Gasteiger partial charge in [0.1, 0.15) is 0 Å². The molecule has 0 amide bonds. The highest BCUT2D eigenvalue weighted by atomic mass is 127. The summed E-state index contributed by atoms with van der Waals surface area (Å²) in [5.41, 5.74) is 0. The molecule has 3 heteroatoms. The van der Waals surface area contributed by atoms with Gasteiger partial charge in [0, 0.05) is 18.4 Å². The number of carbonyl (C=O) groups is 1. The molecule has 2 nitrogen and oxygen atoms in total. The molecule has 0 unspecified atom stereocenters. The lowest BCUT2D eigenvalue weighted by atomic mass is 10.2. The van der Waals surface area contributed by atoms with Gasteiger partial charge in [-0.25, -0.2) is 0 Å². The van der Waals surface area contributed by atoms with Crippen molar-refractivity contribution in [2.75, 3.05) is 0 Å². The Labute approximate surface area is 106 Å². The van der Waals surface area contributed by atoms with Crippen LogP contribution < -0.4 is 28.5 Å². The summed E-state index contributed by atoms with van der Waals surface area (Å²) < 4.78 is 1.91. The van der Waals surface area contributed by atoms with Gasteiger partial charge in [0.05, 0.1) is 0 Å². The first-order chi connectivity index (χ1) is 6.75. The van der Waals surface area contributed by atoms with E-state index in [2.05, 4.69) is 6.07 Å². The van der Waals surface area contributed by atoms with Crippen LogP contribution in [0.3, 0.4) is 0 Å². The van der Waals surface area contributed by atoms with Gasteiger partial charge in [0.2, 0.25) is 6.54 Å². The molecule has 0 fully saturated rings. The summed E-state index contributed by atoms with van der Waals surface area (Å²) in [5.74, 6) is 0.172. The van der Waals surface area contributed by atoms with Crippen molar-refractivity contribution in [3.05, 3.63) is 42.7 Å². The van der Waals surface area contributed by atoms with Gasteiger partial charge in [0.15, 0.2) is 18.2 Å². The zero-order valence-corrected chi connectivity index (χ0v) is 10.6. The van der Waals surface area contributed by atoms with Gasteiger partial charge < -0.3 is 24.0 Å². The fourth-order valence-electron chi connectivity index (χ4n) is 1.53. The van der Waals surface area contributed by atoms with Crippen LogP contribution in [0.15, 0.2) is 42.7 Å². The number of halogens is 1. The van der Waals surface area contributed by atoms with Crippen molar-refractivity contribution in [2.45, 2.75) is 13.5 Å². The van der Waals surface area contributed by atoms with Gasteiger partial charge >= 0.3 is 0 Å². The molecule has 1 aromatic heterocycles. The van der Waals surface area contributed by atoms with Crippen LogP contribution in [0.5, 0.6) is 0 Å². The van der Waals surface area contributed by atoms with Gasteiger partial charge in [-0.15, -0.1) is 0 Å². The molecule has 1 aromatic carbocycles. The maximum absolute atomic E-state index is 10.9. The number of hydrogen-bond donors (Lipinski definition) is 0. The highest BCUT2D eigenvalue weighted by Gasteiger charge is 2.04. The number of carbonyl (C=O) groups excluding carboxylic acids is 1. The maximum atomic E-state index is 10.9. The highest BCUT2D eigenvalue weighted by molar-refractivity contribution is 5.80. The van der Waals surface area contributed by atoms with Gasteiger partial charge in [-0.05, 0) is 11.5 Å². The van der Waals surface area contributed by atoms with Gasteiger partial charge in [0.25, 0.3) is 0 Å². The number of ketones is 1. The lowest BCUT2D eigenvalue weighted by Gasteiger charge is -1.96. The van der Waals surface area contributed by atoms with Crippen LogP contribution in [0.2, 0.25) is 0 Å². The maximum Gasteiger partial charge on any atom is 0.206 e. The van der Waals surface area contributed by atoms with E-state index >= 15 is 0 Å². The lowest BCUT2D eigenvalue weighted by Crippen LogP contribution is -3.00. The second-order valence-corrected chi connectivity index (χ2v) is 3.45. The lowest BCUT2D eigenvalue weighted by molar-refractivity contribution is -0.682. The monoisotopic (exact) mass is 313 g/mol. The molecule has 2 rings (SSSR count). The molecule has 0 atom stereocenters. The minimum atomic E-state index is 0. The summed E-state index contributed by atoms with van der Waals surface area (Å²) in [6.07, 6.45) is 3.93. The SMILES string of the molecule is CC(=O)C[n+]1ccc2ccccc2c1.[I-]. The van der Waals surface area contributed by atoms with Crippen LogP contribution in [0, 0.1) is 0 Å². The number of rotatable bonds is 2. The van der Waals surface area contributed by atoms with Gasteiger partial charge in [-0.2, -0.15) is 4.57 Å². The van der Waals surface area contributed by atoms with E-state index in [0.29, 0.717) is 6.54 Å². The van der Waals surface area contributed by atoms with Crippen molar-refractivity contribution < 1.29 is 33.3 Å². The molecule has 0 aliphatic rings. The van der Waals surface area contributed by atoms with Crippen molar-refractivity contribution >= 4 is 16.6 Å². The van der Waals surface area contributed by atoms with Crippen LogP contribution in [0.1, 0.15) is 6.92 Å². The van der Waals surface area contributed by atoms with E-state index in [1.165, 1.54) is 5.39 Å². The molecule has 0 aliphatic carbocycles. The molecule has 0 bridgehead atoms. The second kappa shape index (κ2) is 5.21. The van der Waals surface area contributed by atoms with Crippen molar-refractivity contribution in [3.8, 4) is 0 Å². The van der Waals surface area contributed by atoms with Gasteiger partial charge in [-0.1, -0.05) is 18.2 Å². The predicted octanol–water partition coefficient (Wildman–Crippen LogP) is -1.28. The Bertz CT molecular complexity index is 482. The summed E-state index contributed by atoms with van der Waals surface area (Å²) >= 11 is 0. The summed E-state index contributed by atoms with van der Waals surface area (Å²) in [6.45, 7) is 2.05. The molecule has 0 saturated heterocycles. The topological polar surface area (TPSA) is 20.9 Å². The molecule has 0 spiro atoms. The fourth-order valence-corrected chi connectivity index (χ4v) is 1.53. The number of fused-ring (bicyclic) bond motifs is 1. The minimum Gasteiger partial charge on any atom is -1.00 e. The largest absolute Gasteiger partial charge is 1.00 e. The Morgan fingerprint density at radius 2 is 1.87 bits per heavy atom. The van der Waals surface area contributed by atoms with E-state index < -0.39 is 0 Å². The summed E-state index contributed by atoms with van der Waals surface area (Å²) in [4.78, 5) is 10.9. The van der Waals surface area contributed by atoms with Crippen molar-refractivity contribution in [1.29, 1.82) is 0 Å². The van der Waals surface area contributed by atoms with Gasteiger partial charge in [-0.3, -0.25) is 4.79 Å². The van der Waals surface area contributed by atoms with Crippen LogP contribution in [-0.2, 0) is 11.3 Å². The first-order valence-electron chi connectivity index (χ1n) is 4.63. The molecule has 0 radical (unpaired) electrons. The molecule has 0 aliphatic heterocycles. The molecule has 15 heavy (non-hydrogen) atoms. The second-order valence-electron chi connectivity index (χ2n) is 3.45. The van der Waals surface area contributed by atoms with E-state index in [1.54, 1.807) is 6.92 Å². The van der Waals surface area contributed by atoms with E-state index in [0.717, 1.165) is 5.39 Å². The molecule has 0 N–H and O–H groups in total. The molecule has 2 aromatic rings. The highest BCUT2D eigenvalue weighted by Crippen LogP contribution is 2.09. The van der Waals surface area contributed by atoms with Crippen molar-refractivity contribution in [1.82, 2.24) is 0 Å². The third-order valence-corrected chi connectivity index (χ3v) is 2.15. The zero-order chi connectivity index (χ0) is 9.97. The summed E-state index contributed by atoms with van der Waals surface area (Å²) in [7, 11) is 0. The Balaban J connectivity index is 0.00000112. The van der Waals surface area contributed by atoms with Crippen LogP contribution >= 0.6 is 0 Å². The predicted molar refractivity (Wildman–Crippen MR) is 54.8 cm³/mol. The Morgan fingerprint density at radius 3 is 2.53 bits per heavy atom. The zero-order valence-electron chi connectivity index (χ0n) is 8.48. The van der Waals surface area contributed by atoms with E-state index in [4.69, 9.17) is 0 Å². The van der Waals surface area contributed by atoms with Crippen LogP contribution in [0.4, 0.5) is 0 Å². The van der Waals surface area contributed by atoms with Crippen molar-refractivity contribution in [3.63, 3.8) is 0 Å². The normalized spacial score (nSPS) is 9.67. The molecular formula is C12H12INO. The Hall–Kier alpha value is -0.970. The number of benzene rings is 1. The number of Topliss-reactive ketones (excluding diaryl/α,β-unsaturated/α-hetero) is 1. The third-order valence-electron chi connectivity index (χ3n) is 2.15. The van der Waals surface area contributed by atoms with Crippen LogP contribution in [0.25, 0.3) is 10.8 Å². The smallest absolute Gasteiger partial charge is 0.206 e. The quantitative estimate of drug-likeness (QED) is 0.500. The van der Waals surface area contributed by atoms with Crippen LogP contribution in [-0.4, -0.2) is 5.78 Å². The number of aromatic nitrogens is 1. The average molecular weight is 313 g/mol. The first-order valence-corrected chi connectivity index (χ1v) is 4.63. The first kappa shape index (κ1) is 12.1. The Morgan fingerprint density at radius 1 is 1.20 bits per heavy atom. The molecular weight excluding hydrogens is 301 g/mol.